The number of pyridine rings is 2. The Morgan fingerprint density at radius 1 is 0.485 bits per heavy atom. The Hall–Kier alpha value is -3.13. The van der Waals surface area contributed by atoms with Gasteiger partial charge in [-0.25, -0.2) is 0 Å². The standard InChI is InChI=1S/C29H24N2P.BrH/c1-4-12-25(13-5-1)32(26-14-6-2-7-15-26,27-16-8-3-9-17-27)23-24-19-20-29(31-22-24)28-18-10-11-21-30-28;/h1-22H,23H2;1H/q+1;/p-1. The minimum Gasteiger partial charge on any atom is -1.00 e. The second-order valence-electron chi connectivity index (χ2n) is 7.74. The van der Waals surface area contributed by atoms with Crippen molar-refractivity contribution < 1.29 is 17.0 Å². The van der Waals surface area contributed by atoms with Crippen LogP contribution in [0.4, 0.5) is 0 Å². The average molecular weight is 511 g/mol. The van der Waals surface area contributed by atoms with E-state index in [9.17, 15) is 0 Å². The molecule has 5 rings (SSSR count). The summed E-state index contributed by atoms with van der Waals surface area (Å²) in [7, 11) is -1.92. The lowest BCUT2D eigenvalue weighted by Crippen LogP contribution is -3.00. The van der Waals surface area contributed by atoms with E-state index in [0.717, 1.165) is 17.5 Å². The monoisotopic (exact) mass is 510 g/mol. The average Bonchev–Trinajstić information content (AvgIpc) is 2.90. The van der Waals surface area contributed by atoms with Crippen LogP contribution in [-0.2, 0) is 6.16 Å². The van der Waals surface area contributed by atoms with Gasteiger partial charge in [0.1, 0.15) is 23.2 Å². The van der Waals surface area contributed by atoms with E-state index < -0.39 is 7.26 Å². The van der Waals surface area contributed by atoms with Crippen molar-refractivity contribution in [3.63, 3.8) is 0 Å². The molecule has 0 atom stereocenters. The van der Waals surface area contributed by atoms with Gasteiger partial charge in [0, 0.05) is 18.0 Å². The van der Waals surface area contributed by atoms with Gasteiger partial charge in [0.05, 0.1) is 17.5 Å². The predicted octanol–water partition coefficient (Wildman–Crippen LogP) is 2.64. The Morgan fingerprint density at radius 2 is 0.970 bits per heavy atom. The van der Waals surface area contributed by atoms with Crippen LogP contribution < -0.4 is 32.9 Å². The summed E-state index contributed by atoms with van der Waals surface area (Å²) in [5.74, 6) is 0. The maximum absolute atomic E-state index is 4.77. The van der Waals surface area contributed by atoms with Gasteiger partial charge in [-0.15, -0.1) is 0 Å². The molecule has 162 valence electrons. The molecule has 2 nitrogen and oxygen atoms in total. The van der Waals surface area contributed by atoms with Crippen molar-refractivity contribution in [2.45, 2.75) is 6.16 Å². The first-order valence-electron chi connectivity index (χ1n) is 10.8. The van der Waals surface area contributed by atoms with Crippen molar-refractivity contribution in [3.8, 4) is 11.4 Å². The summed E-state index contributed by atoms with van der Waals surface area (Å²) in [4.78, 5) is 9.21. The highest BCUT2D eigenvalue weighted by Gasteiger charge is 2.45. The molecular weight excluding hydrogens is 487 g/mol. The molecule has 0 saturated heterocycles. The topological polar surface area (TPSA) is 25.8 Å². The Kier molecular flexibility index (Phi) is 7.44. The quantitative estimate of drug-likeness (QED) is 0.328. The summed E-state index contributed by atoms with van der Waals surface area (Å²) in [6.07, 6.45) is 4.75. The molecule has 0 amide bonds. The summed E-state index contributed by atoms with van der Waals surface area (Å²) in [5.41, 5.74) is 3.03. The van der Waals surface area contributed by atoms with E-state index >= 15 is 0 Å². The fourth-order valence-electron chi connectivity index (χ4n) is 4.23. The molecule has 0 spiro atoms. The van der Waals surface area contributed by atoms with Gasteiger partial charge in [0.2, 0.25) is 0 Å². The molecule has 0 fully saturated rings. The van der Waals surface area contributed by atoms with Crippen LogP contribution in [0.25, 0.3) is 11.4 Å². The first-order valence-corrected chi connectivity index (χ1v) is 12.7. The normalized spacial score (nSPS) is 10.9. The number of rotatable bonds is 6. The molecule has 33 heavy (non-hydrogen) atoms. The third-order valence-corrected chi connectivity index (χ3v) is 10.1. The molecule has 2 heterocycles. The van der Waals surface area contributed by atoms with Crippen LogP contribution >= 0.6 is 7.26 Å². The van der Waals surface area contributed by atoms with E-state index in [4.69, 9.17) is 4.98 Å². The van der Waals surface area contributed by atoms with E-state index in [2.05, 4.69) is 108 Å². The molecule has 0 saturated carbocycles. The smallest absolute Gasteiger partial charge is 0.116 e. The highest BCUT2D eigenvalue weighted by atomic mass is 79.9. The minimum atomic E-state index is -1.92. The van der Waals surface area contributed by atoms with Crippen LogP contribution in [0.1, 0.15) is 5.56 Å². The first-order chi connectivity index (χ1) is 15.9. The zero-order chi connectivity index (χ0) is 21.6. The van der Waals surface area contributed by atoms with Crippen LogP contribution in [0.3, 0.4) is 0 Å². The fraction of sp³-hybridized carbons (Fsp3) is 0.0345. The van der Waals surface area contributed by atoms with Crippen molar-refractivity contribution in [3.05, 3.63) is 139 Å². The van der Waals surface area contributed by atoms with Gasteiger partial charge in [-0.2, -0.15) is 0 Å². The molecule has 4 heteroatoms. The highest BCUT2D eigenvalue weighted by Crippen LogP contribution is 2.58. The summed E-state index contributed by atoms with van der Waals surface area (Å²) < 4.78 is 0. The van der Waals surface area contributed by atoms with Gasteiger partial charge in [-0.05, 0) is 54.6 Å². The van der Waals surface area contributed by atoms with Crippen LogP contribution in [0.15, 0.2) is 134 Å². The molecule has 0 bridgehead atoms. The van der Waals surface area contributed by atoms with E-state index in [0.29, 0.717) is 0 Å². The van der Waals surface area contributed by atoms with Crippen molar-refractivity contribution >= 4 is 23.2 Å². The van der Waals surface area contributed by atoms with Gasteiger partial charge in [0.25, 0.3) is 0 Å². The number of benzene rings is 3. The first kappa shape index (κ1) is 23.0. The molecular formula is C29H24BrN2P. The van der Waals surface area contributed by atoms with Crippen LogP contribution in [-0.4, -0.2) is 9.97 Å². The zero-order valence-electron chi connectivity index (χ0n) is 18.1. The highest BCUT2D eigenvalue weighted by molar-refractivity contribution is 7.95. The van der Waals surface area contributed by atoms with Gasteiger partial charge < -0.3 is 17.0 Å². The zero-order valence-corrected chi connectivity index (χ0v) is 20.6. The number of nitrogens with zero attached hydrogens (tertiary/aromatic N) is 2. The maximum atomic E-state index is 4.77. The van der Waals surface area contributed by atoms with Crippen molar-refractivity contribution in [1.29, 1.82) is 0 Å². The lowest BCUT2D eigenvalue weighted by atomic mass is 10.2. The summed E-state index contributed by atoms with van der Waals surface area (Å²) in [5, 5.41) is 4.14. The lowest BCUT2D eigenvalue weighted by molar-refractivity contribution is -0.00000630. The molecule has 0 radical (unpaired) electrons. The number of aromatic nitrogens is 2. The summed E-state index contributed by atoms with van der Waals surface area (Å²) in [6, 6.07) is 43.1. The largest absolute Gasteiger partial charge is 1.00 e. The van der Waals surface area contributed by atoms with Crippen molar-refractivity contribution in [2.75, 3.05) is 0 Å². The van der Waals surface area contributed by atoms with E-state index in [1.807, 2.05) is 30.6 Å². The van der Waals surface area contributed by atoms with E-state index in [-0.39, 0.29) is 17.0 Å². The Labute approximate surface area is 206 Å². The molecule has 0 aliphatic rings. The van der Waals surface area contributed by atoms with Gasteiger partial charge in [-0.1, -0.05) is 66.7 Å². The number of hydrogen-bond donors (Lipinski definition) is 0. The molecule has 5 aromatic rings. The molecule has 3 aromatic carbocycles. The van der Waals surface area contributed by atoms with Crippen LogP contribution in [0.5, 0.6) is 0 Å². The van der Waals surface area contributed by atoms with Gasteiger partial charge >= 0.3 is 0 Å². The second kappa shape index (κ2) is 10.7. The maximum Gasteiger partial charge on any atom is 0.116 e. The third-order valence-electron chi connectivity index (χ3n) is 5.76. The van der Waals surface area contributed by atoms with E-state index in [1.165, 1.54) is 21.5 Å². The second-order valence-corrected chi connectivity index (χ2v) is 11.2. The van der Waals surface area contributed by atoms with Gasteiger partial charge in [0.15, 0.2) is 0 Å². The summed E-state index contributed by atoms with van der Waals surface area (Å²) in [6.45, 7) is 0. The van der Waals surface area contributed by atoms with Crippen molar-refractivity contribution in [2.24, 2.45) is 0 Å². The lowest BCUT2D eigenvalue weighted by Gasteiger charge is -2.27. The molecule has 0 aliphatic heterocycles. The fourth-order valence-corrected chi connectivity index (χ4v) is 8.45. The SMILES string of the molecule is [Br-].c1ccc([P+](Cc2ccc(-c3ccccn3)nc2)(c2ccccc2)c2ccccc2)cc1. The molecule has 0 aliphatic carbocycles. The van der Waals surface area contributed by atoms with Crippen LogP contribution in [0.2, 0.25) is 0 Å². The van der Waals surface area contributed by atoms with Crippen LogP contribution in [0, 0.1) is 0 Å². The van der Waals surface area contributed by atoms with E-state index in [1.54, 1.807) is 0 Å². The van der Waals surface area contributed by atoms with Gasteiger partial charge in [-0.3, -0.25) is 9.97 Å². The Balaban J connectivity index is 0.00000259. The number of halogens is 1. The predicted molar refractivity (Wildman–Crippen MR) is 136 cm³/mol. The summed E-state index contributed by atoms with van der Waals surface area (Å²) >= 11 is 0. The minimum absolute atomic E-state index is 0. The Bertz CT molecular complexity index is 1170. The van der Waals surface area contributed by atoms with Crippen molar-refractivity contribution in [1.82, 2.24) is 9.97 Å². The Morgan fingerprint density at radius 3 is 1.39 bits per heavy atom. The molecule has 0 unspecified atom stereocenters. The third kappa shape index (κ3) is 4.80. The molecule has 2 aromatic heterocycles. The molecule has 0 N–H and O–H groups in total. The number of hydrogen-bond acceptors (Lipinski definition) is 2.